The zero-order valence-corrected chi connectivity index (χ0v) is 19.6. The summed E-state index contributed by atoms with van der Waals surface area (Å²) < 4.78 is 51.7. The minimum Gasteiger partial charge on any atom is -0.384 e. The number of rotatable bonds is 7. The van der Waals surface area contributed by atoms with E-state index >= 15 is 0 Å². The van der Waals surface area contributed by atoms with Crippen molar-refractivity contribution in [2.75, 3.05) is 51.4 Å². The molecule has 0 saturated carbocycles. The van der Waals surface area contributed by atoms with E-state index in [4.69, 9.17) is 14.7 Å². The molecule has 0 spiro atoms. The monoisotopic (exact) mass is 487 g/mol. The highest BCUT2D eigenvalue weighted by molar-refractivity contribution is 5.77. The third-order valence-electron chi connectivity index (χ3n) is 6.98. The Balaban J connectivity index is 1.46. The maximum atomic E-state index is 13.5. The molecular weight excluding hydrogens is 459 g/mol. The van der Waals surface area contributed by atoms with Crippen molar-refractivity contribution >= 4 is 11.6 Å². The summed E-state index contributed by atoms with van der Waals surface area (Å²) >= 11 is 0. The molecule has 9 heteroatoms. The molecule has 2 aromatic rings. The molecule has 2 aromatic carbocycles. The van der Waals surface area contributed by atoms with Crippen LogP contribution in [-0.2, 0) is 27.1 Å². The summed E-state index contributed by atoms with van der Waals surface area (Å²) in [6, 6.07) is 15.1. The number of likely N-dealkylation sites (tertiary alicyclic amines) is 1. The van der Waals surface area contributed by atoms with E-state index in [0.717, 1.165) is 18.1 Å². The Labute approximate surface area is 202 Å². The summed E-state index contributed by atoms with van der Waals surface area (Å²) in [6.07, 6.45) is -3.88. The Morgan fingerprint density at radius 1 is 1.20 bits per heavy atom. The molecule has 0 N–H and O–H groups in total. The Kier molecular flexibility index (Phi) is 7.33. The number of amides is 1. The highest BCUT2D eigenvalue weighted by Gasteiger charge is 2.51. The molecule has 0 unspecified atom stereocenters. The number of methoxy groups -OCH3 is 1. The molecule has 35 heavy (non-hydrogen) atoms. The first-order valence-corrected chi connectivity index (χ1v) is 11.5. The molecular formula is C26H28F3N3O3. The average molecular weight is 488 g/mol. The number of piperidine rings is 1. The summed E-state index contributed by atoms with van der Waals surface area (Å²) in [5.41, 5.74) is -0.307. The number of hydrogen-bond donors (Lipinski definition) is 0. The average Bonchev–Trinajstić information content (AvgIpc) is 3.22. The second-order valence-electron chi connectivity index (χ2n) is 9.29. The molecule has 2 saturated heterocycles. The predicted octanol–water partition coefficient (Wildman–Crippen LogP) is 4.10. The van der Waals surface area contributed by atoms with Crippen LogP contribution < -0.4 is 4.90 Å². The Bertz CT molecular complexity index is 1090. The third kappa shape index (κ3) is 5.44. The van der Waals surface area contributed by atoms with Gasteiger partial charge in [-0.1, -0.05) is 30.3 Å². The van der Waals surface area contributed by atoms with Crippen LogP contribution >= 0.6 is 0 Å². The van der Waals surface area contributed by atoms with E-state index in [-0.39, 0.29) is 18.4 Å². The molecule has 2 aliphatic heterocycles. The number of ether oxygens (including phenoxy) is 2. The standard InChI is InChI=1S/C26H28F3N3O3/c1-34-18-25-16-31(24(33)15-35-14-19-5-3-2-4-6-19)10-9-21(25)13-32(17-25)22-8-7-20(12-30)23(11-22)26(27,28)29/h2-8,11,21H,9-10,13-18H2,1H3/t21-,25+/m1/s1. The summed E-state index contributed by atoms with van der Waals surface area (Å²) in [7, 11) is 1.60. The van der Waals surface area contributed by atoms with Crippen LogP contribution in [0.25, 0.3) is 0 Å². The predicted molar refractivity (Wildman–Crippen MR) is 123 cm³/mol. The van der Waals surface area contributed by atoms with Crippen LogP contribution in [0.2, 0.25) is 0 Å². The maximum absolute atomic E-state index is 13.5. The number of hydrogen-bond acceptors (Lipinski definition) is 5. The number of carbonyl (C=O) groups is 1. The Morgan fingerprint density at radius 3 is 2.66 bits per heavy atom. The lowest BCUT2D eigenvalue weighted by molar-refractivity contribution is -0.142. The minimum absolute atomic E-state index is 0.0309. The lowest BCUT2D eigenvalue weighted by Crippen LogP contribution is -2.53. The van der Waals surface area contributed by atoms with Crippen LogP contribution in [0.3, 0.4) is 0 Å². The summed E-state index contributed by atoms with van der Waals surface area (Å²) in [5, 5.41) is 9.10. The largest absolute Gasteiger partial charge is 0.417 e. The van der Waals surface area contributed by atoms with Gasteiger partial charge in [0.05, 0.1) is 30.4 Å². The third-order valence-corrected chi connectivity index (χ3v) is 6.98. The van der Waals surface area contributed by atoms with Gasteiger partial charge in [-0.25, -0.2) is 0 Å². The van der Waals surface area contributed by atoms with Gasteiger partial charge in [-0.05, 0) is 36.1 Å². The molecule has 6 nitrogen and oxygen atoms in total. The Morgan fingerprint density at radius 2 is 1.97 bits per heavy atom. The molecule has 2 aliphatic rings. The molecule has 0 radical (unpaired) electrons. The number of halogens is 3. The van der Waals surface area contributed by atoms with Gasteiger partial charge in [0.25, 0.3) is 0 Å². The van der Waals surface area contributed by atoms with Gasteiger partial charge < -0.3 is 19.3 Å². The molecule has 2 atom stereocenters. The first kappa shape index (κ1) is 25.0. The summed E-state index contributed by atoms with van der Waals surface area (Å²) in [6.45, 7) is 2.77. The van der Waals surface area contributed by atoms with Crippen LogP contribution in [0.4, 0.5) is 18.9 Å². The van der Waals surface area contributed by atoms with Gasteiger partial charge in [0.15, 0.2) is 0 Å². The highest BCUT2D eigenvalue weighted by atomic mass is 19.4. The van der Waals surface area contributed by atoms with Crippen molar-refractivity contribution in [1.82, 2.24) is 4.90 Å². The molecule has 2 heterocycles. The molecule has 2 fully saturated rings. The topological polar surface area (TPSA) is 65.8 Å². The zero-order chi connectivity index (χ0) is 25.1. The Hall–Kier alpha value is -3.09. The molecule has 0 aliphatic carbocycles. The summed E-state index contributed by atoms with van der Waals surface area (Å²) in [5.74, 6) is 0.0627. The number of nitriles is 1. The van der Waals surface area contributed by atoms with Crippen LogP contribution in [0.15, 0.2) is 48.5 Å². The molecule has 0 aromatic heterocycles. The van der Waals surface area contributed by atoms with Crippen molar-refractivity contribution in [3.63, 3.8) is 0 Å². The number of benzene rings is 2. The van der Waals surface area contributed by atoms with Crippen molar-refractivity contribution in [2.24, 2.45) is 11.3 Å². The smallest absolute Gasteiger partial charge is 0.384 e. The first-order chi connectivity index (χ1) is 16.8. The van der Waals surface area contributed by atoms with Crippen LogP contribution in [0, 0.1) is 22.7 Å². The van der Waals surface area contributed by atoms with Gasteiger partial charge in [-0.2, -0.15) is 18.4 Å². The molecule has 4 rings (SSSR count). The SMILES string of the molecule is COC[C@@]12CN(C(=O)COCc3ccccc3)CC[C@@H]1CN(c1ccc(C#N)c(C(F)(F)F)c1)C2. The second kappa shape index (κ2) is 10.3. The zero-order valence-electron chi connectivity index (χ0n) is 19.6. The highest BCUT2D eigenvalue weighted by Crippen LogP contribution is 2.45. The maximum Gasteiger partial charge on any atom is 0.417 e. The molecule has 0 bridgehead atoms. The van der Waals surface area contributed by atoms with Crippen molar-refractivity contribution < 1.29 is 27.4 Å². The lowest BCUT2D eigenvalue weighted by Gasteiger charge is -2.43. The quantitative estimate of drug-likeness (QED) is 0.589. The van der Waals surface area contributed by atoms with Crippen LogP contribution in [-0.4, -0.2) is 57.3 Å². The summed E-state index contributed by atoms with van der Waals surface area (Å²) in [4.78, 5) is 16.6. The van der Waals surface area contributed by atoms with E-state index < -0.39 is 22.7 Å². The van der Waals surface area contributed by atoms with E-state index in [1.165, 1.54) is 6.07 Å². The van der Waals surface area contributed by atoms with E-state index in [2.05, 4.69) is 0 Å². The molecule has 186 valence electrons. The van der Waals surface area contributed by atoms with Gasteiger partial charge >= 0.3 is 6.18 Å². The van der Waals surface area contributed by atoms with Gasteiger partial charge in [-0.15, -0.1) is 0 Å². The van der Waals surface area contributed by atoms with Crippen molar-refractivity contribution in [3.8, 4) is 6.07 Å². The van der Waals surface area contributed by atoms with Gasteiger partial charge in [0.2, 0.25) is 5.91 Å². The van der Waals surface area contributed by atoms with Crippen LogP contribution in [0.1, 0.15) is 23.1 Å². The number of carbonyl (C=O) groups excluding carboxylic acids is 1. The first-order valence-electron chi connectivity index (χ1n) is 11.5. The van der Waals surface area contributed by atoms with Crippen molar-refractivity contribution in [2.45, 2.75) is 19.2 Å². The van der Waals surface area contributed by atoms with E-state index in [1.807, 2.05) is 35.2 Å². The number of alkyl halides is 3. The van der Waals surface area contributed by atoms with Gasteiger partial charge in [0, 0.05) is 44.4 Å². The lowest BCUT2D eigenvalue weighted by atomic mass is 9.74. The number of fused-ring (bicyclic) bond motifs is 1. The second-order valence-corrected chi connectivity index (χ2v) is 9.29. The fraction of sp³-hybridized carbons (Fsp3) is 0.462. The minimum atomic E-state index is -4.61. The fourth-order valence-corrected chi connectivity index (χ4v) is 5.27. The van der Waals surface area contributed by atoms with Crippen molar-refractivity contribution in [1.29, 1.82) is 5.26 Å². The fourth-order valence-electron chi connectivity index (χ4n) is 5.27. The van der Waals surface area contributed by atoms with Gasteiger partial charge in [0.1, 0.15) is 6.61 Å². The number of anilines is 1. The van der Waals surface area contributed by atoms with E-state index in [9.17, 15) is 18.0 Å². The van der Waals surface area contributed by atoms with E-state index in [0.29, 0.717) is 45.1 Å². The van der Waals surface area contributed by atoms with Gasteiger partial charge in [-0.3, -0.25) is 4.79 Å². The molecule has 1 amide bonds. The van der Waals surface area contributed by atoms with E-state index in [1.54, 1.807) is 24.1 Å². The normalized spacial score (nSPS) is 22.1. The number of nitrogens with zero attached hydrogens (tertiary/aromatic N) is 3. The van der Waals surface area contributed by atoms with Crippen molar-refractivity contribution in [3.05, 3.63) is 65.2 Å². The van der Waals surface area contributed by atoms with Crippen LogP contribution in [0.5, 0.6) is 0 Å².